The van der Waals surface area contributed by atoms with Crippen LogP contribution in [0.25, 0.3) is 0 Å². The molecule has 1 atom stereocenters. The molecule has 0 aromatic carbocycles. The maximum Gasteiger partial charge on any atom is 0.121 e. The summed E-state index contributed by atoms with van der Waals surface area (Å²) in [5, 5.41) is 14.9. The van der Waals surface area contributed by atoms with Gasteiger partial charge in [0.25, 0.3) is 0 Å². The van der Waals surface area contributed by atoms with E-state index in [2.05, 4.69) is 50.1 Å². The van der Waals surface area contributed by atoms with Crippen LogP contribution in [0.4, 0.5) is 0 Å². The Kier molecular flexibility index (Phi) is 4.85. The first-order valence-electron chi connectivity index (χ1n) is 7.85. The summed E-state index contributed by atoms with van der Waals surface area (Å²) in [5.41, 5.74) is 0.567. The minimum Gasteiger partial charge on any atom is -0.312 e. The molecular formula is C16H29N3S. The molecule has 1 N–H and O–H groups in total. The van der Waals surface area contributed by atoms with Crippen LogP contribution in [0.2, 0.25) is 0 Å². The SMILES string of the molecule is CC(C)(C)NCCc1nnc(C2CCCCC2(C)C)s1. The second-order valence-electron chi connectivity index (χ2n) is 7.75. The average molecular weight is 295 g/mol. The molecule has 1 aromatic heterocycles. The summed E-state index contributed by atoms with van der Waals surface area (Å²) in [6.07, 6.45) is 6.29. The van der Waals surface area contributed by atoms with E-state index < -0.39 is 0 Å². The van der Waals surface area contributed by atoms with Crippen LogP contribution in [0.3, 0.4) is 0 Å². The van der Waals surface area contributed by atoms with E-state index in [1.165, 1.54) is 35.7 Å². The topological polar surface area (TPSA) is 37.8 Å². The third-order valence-corrected chi connectivity index (χ3v) is 5.38. The molecule has 0 aliphatic heterocycles. The Labute approximate surface area is 127 Å². The van der Waals surface area contributed by atoms with Crippen molar-refractivity contribution in [1.29, 1.82) is 0 Å². The van der Waals surface area contributed by atoms with Crippen molar-refractivity contribution < 1.29 is 0 Å². The smallest absolute Gasteiger partial charge is 0.121 e. The highest BCUT2D eigenvalue weighted by atomic mass is 32.1. The Hall–Kier alpha value is -0.480. The van der Waals surface area contributed by atoms with Gasteiger partial charge in [-0.3, -0.25) is 0 Å². The van der Waals surface area contributed by atoms with Crippen molar-refractivity contribution in [2.75, 3.05) is 6.54 Å². The van der Waals surface area contributed by atoms with Crippen LogP contribution in [0, 0.1) is 5.41 Å². The van der Waals surface area contributed by atoms with E-state index in [0.29, 0.717) is 11.3 Å². The van der Waals surface area contributed by atoms with Gasteiger partial charge in [0.05, 0.1) is 0 Å². The van der Waals surface area contributed by atoms with E-state index in [-0.39, 0.29) is 5.54 Å². The molecule has 4 heteroatoms. The van der Waals surface area contributed by atoms with Crippen LogP contribution in [-0.4, -0.2) is 22.3 Å². The maximum atomic E-state index is 4.49. The summed E-state index contributed by atoms with van der Waals surface area (Å²) in [4.78, 5) is 0. The summed E-state index contributed by atoms with van der Waals surface area (Å²) in [6.45, 7) is 12.3. The lowest BCUT2D eigenvalue weighted by atomic mass is 9.69. The Morgan fingerprint density at radius 2 is 2.00 bits per heavy atom. The molecule has 114 valence electrons. The molecule has 0 radical (unpaired) electrons. The fraction of sp³-hybridized carbons (Fsp3) is 0.875. The normalized spacial score (nSPS) is 22.9. The summed E-state index contributed by atoms with van der Waals surface area (Å²) >= 11 is 1.83. The molecule has 1 saturated carbocycles. The Morgan fingerprint density at radius 1 is 1.25 bits per heavy atom. The summed E-state index contributed by atoms with van der Waals surface area (Å²) < 4.78 is 0. The first-order chi connectivity index (χ1) is 9.28. The van der Waals surface area contributed by atoms with Crippen LogP contribution in [-0.2, 0) is 6.42 Å². The van der Waals surface area contributed by atoms with Gasteiger partial charge in [0.2, 0.25) is 0 Å². The number of rotatable bonds is 4. The van der Waals surface area contributed by atoms with Gasteiger partial charge in [-0.05, 0) is 39.0 Å². The highest BCUT2D eigenvalue weighted by Crippen LogP contribution is 2.47. The predicted molar refractivity (Wildman–Crippen MR) is 86.4 cm³/mol. The van der Waals surface area contributed by atoms with Gasteiger partial charge in [0.15, 0.2) is 0 Å². The average Bonchev–Trinajstić information content (AvgIpc) is 2.75. The first-order valence-corrected chi connectivity index (χ1v) is 8.67. The van der Waals surface area contributed by atoms with Crippen LogP contribution in [0.15, 0.2) is 0 Å². The van der Waals surface area contributed by atoms with Gasteiger partial charge in [-0.1, -0.05) is 26.7 Å². The quantitative estimate of drug-likeness (QED) is 0.906. The van der Waals surface area contributed by atoms with Crippen LogP contribution in [0.5, 0.6) is 0 Å². The third-order valence-electron chi connectivity index (χ3n) is 4.28. The van der Waals surface area contributed by atoms with E-state index in [1.807, 2.05) is 11.3 Å². The minimum absolute atomic E-state index is 0.179. The molecule has 1 unspecified atom stereocenters. The highest BCUT2D eigenvalue weighted by molar-refractivity contribution is 7.11. The second kappa shape index (κ2) is 6.10. The van der Waals surface area contributed by atoms with Crippen molar-refractivity contribution in [3.63, 3.8) is 0 Å². The maximum absolute atomic E-state index is 4.49. The summed E-state index contributed by atoms with van der Waals surface area (Å²) in [5.74, 6) is 0.609. The van der Waals surface area contributed by atoms with Gasteiger partial charge >= 0.3 is 0 Å². The number of nitrogens with one attached hydrogen (secondary N) is 1. The fourth-order valence-corrected chi connectivity index (χ4v) is 4.19. The fourth-order valence-electron chi connectivity index (χ4n) is 3.00. The number of hydrogen-bond acceptors (Lipinski definition) is 4. The van der Waals surface area contributed by atoms with Gasteiger partial charge in [0.1, 0.15) is 10.0 Å². The zero-order valence-electron chi connectivity index (χ0n) is 13.6. The van der Waals surface area contributed by atoms with Gasteiger partial charge < -0.3 is 5.32 Å². The van der Waals surface area contributed by atoms with E-state index in [9.17, 15) is 0 Å². The lowest BCUT2D eigenvalue weighted by molar-refractivity contribution is 0.198. The largest absolute Gasteiger partial charge is 0.312 e. The van der Waals surface area contributed by atoms with Gasteiger partial charge in [0, 0.05) is 24.4 Å². The molecule has 0 bridgehead atoms. The first kappa shape index (κ1) is 15.9. The van der Waals surface area contributed by atoms with Crippen molar-refractivity contribution in [1.82, 2.24) is 15.5 Å². The molecule has 2 rings (SSSR count). The van der Waals surface area contributed by atoms with Crippen LogP contribution < -0.4 is 5.32 Å². The molecule has 1 aliphatic carbocycles. The van der Waals surface area contributed by atoms with Gasteiger partial charge in [-0.2, -0.15) is 0 Å². The molecule has 1 aromatic rings. The van der Waals surface area contributed by atoms with Crippen LogP contribution >= 0.6 is 11.3 Å². The Bertz CT molecular complexity index is 431. The molecule has 3 nitrogen and oxygen atoms in total. The summed E-state index contributed by atoms with van der Waals surface area (Å²) in [6, 6.07) is 0. The van der Waals surface area contributed by atoms with Crippen LogP contribution in [0.1, 0.15) is 76.2 Å². The van der Waals surface area contributed by atoms with E-state index in [1.54, 1.807) is 0 Å². The van der Waals surface area contributed by atoms with Crippen molar-refractivity contribution in [2.45, 2.75) is 78.2 Å². The van der Waals surface area contributed by atoms with E-state index >= 15 is 0 Å². The molecular weight excluding hydrogens is 266 g/mol. The molecule has 0 saturated heterocycles. The third kappa shape index (κ3) is 4.26. The molecule has 20 heavy (non-hydrogen) atoms. The number of hydrogen-bond donors (Lipinski definition) is 1. The summed E-state index contributed by atoms with van der Waals surface area (Å²) in [7, 11) is 0. The van der Waals surface area contributed by atoms with E-state index in [4.69, 9.17) is 0 Å². The monoisotopic (exact) mass is 295 g/mol. The lowest BCUT2D eigenvalue weighted by Crippen LogP contribution is -2.37. The Morgan fingerprint density at radius 3 is 2.65 bits per heavy atom. The second-order valence-corrected chi connectivity index (χ2v) is 8.84. The zero-order valence-corrected chi connectivity index (χ0v) is 14.4. The molecule has 1 heterocycles. The predicted octanol–water partition coefficient (Wildman–Crippen LogP) is 4.15. The van der Waals surface area contributed by atoms with Crippen molar-refractivity contribution >= 4 is 11.3 Å². The molecule has 0 spiro atoms. The standard InChI is InChI=1S/C16H29N3S/c1-15(2,3)17-11-9-13-18-19-14(20-13)12-8-6-7-10-16(12,4)5/h12,17H,6-11H2,1-5H3. The molecule has 1 fully saturated rings. The van der Waals surface area contributed by atoms with E-state index in [0.717, 1.165) is 13.0 Å². The number of nitrogens with zero attached hydrogens (tertiary/aromatic N) is 2. The van der Waals surface area contributed by atoms with Gasteiger partial charge in [-0.25, -0.2) is 0 Å². The molecule has 1 aliphatic rings. The molecule has 0 amide bonds. The lowest BCUT2D eigenvalue weighted by Gasteiger charge is -2.37. The van der Waals surface area contributed by atoms with Crippen molar-refractivity contribution in [3.05, 3.63) is 10.0 Å². The zero-order chi connectivity index (χ0) is 14.8. The highest BCUT2D eigenvalue weighted by Gasteiger charge is 2.35. The number of aromatic nitrogens is 2. The van der Waals surface area contributed by atoms with Gasteiger partial charge in [-0.15, -0.1) is 21.5 Å². The Balaban J connectivity index is 1.95. The minimum atomic E-state index is 0.179. The van der Waals surface area contributed by atoms with Crippen molar-refractivity contribution in [3.8, 4) is 0 Å². The van der Waals surface area contributed by atoms with Crippen molar-refractivity contribution in [2.24, 2.45) is 5.41 Å².